The predicted molar refractivity (Wildman–Crippen MR) is 146 cm³/mol. The number of hydrogen-bond donors (Lipinski definition) is 3. The lowest BCUT2D eigenvalue weighted by molar-refractivity contribution is 0.102. The van der Waals surface area contributed by atoms with E-state index in [-0.39, 0.29) is 11.4 Å². The minimum atomic E-state index is -0.347. The number of benzene rings is 1. The van der Waals surface area contributed by atoms with Crippen LogP contribution in [-0.2, 0) is 12.1 Å². The molecule has 4 aromatic heterocycles. The molecule has 0 saturated heterocycles. The van der Waals surface area contributed by atoms with E-state index < -0.39 is 0 Å². The van der Waals surface area contributed by atoms with Crippen LogP contribution in [-0.4, -0.2) is 66.0 Å². The average Bonchev–Trinajstić information content (AvgIpc) is 3.53. The van der Waals surface area contributed by atoms with E-state index in [0.717, 1.165) is 18.5 Å². The zero-order valence-electron chi connectivity index (χ0n) is 21.4. The van der Waals surface area contributed by atoms with Gasteiger partial charge in [0, 0.05) is 35.3 Å². The van der Waals surface area contributed by atoms with Gasteiger partial charge in [-0.2, -0.15) is 10.2 Å². The Labute approximate surface area is 218 Å². The second-order valence-electron chi connectivity index (χ2n) is 10.2. The van der Waals surface area contributed by atoms with Gasteiger partial charge in [-0.25, -0.2) is 14.6 Å². The number of aromatic nitrogens is 7. The molecule has 0 unspecified atom stereocenters. The lowest BCUT2D eigenvalue weighted by Crippen LogP contribution is -2.23. The van der Waals surface area contributed by atoms with E-state index in [2.05, 4.69) is 30.3 Å². The molecule has 0 fully saturated rings. The fourth-order valence-electron chi connectivity index (χ4n) is 4.13. The van der Waals surface area contributed by atoms with Crippen molar-refractivity contribution >= 4 is 51.1 Å². The summed E-state index contributed by atoms with van der Waals surface area (Å²) in [6.07, 6.45) is 3.27. The van der Waals surface area contributed by atoms with Crippen LogP contribution in [0.25, 0.3) is 33.3 Å². The van der Waals surface area contributed by atoms with Crippen LogP contribution in [0.2, 0.25) is 5.02 Å². The van der Waals surface area contributed by atoms with Crippen molar-refractivity contribution in [2.75, 3.05) is 31.7 Å². The average molecular weight is 521 g/mol. The maximum atomic E-state index is 13.0. The lowest BCUT2D eigenvalue weighted by atomic mass is 10.1. The first-order chi connectivity index (χ1) is 17.5. The minimum Gasteiger partial charge on any atom is -0.383 e. The highest BCUT2D eigenvalue weighted by Crippen LogP contribution is 2.39. The summed E-state index contributed by atoms with van der Waals surface area (Å²) in [5.41, 5.74) is 8.82. The van der Waals surface area contributed by atoms with Gasteiger partial charge in [-0.1, -0.05) is 17.7 Å². The first-order valence-electron chi connectivity index (χ1n) is 11.8. The number of H-pyrrole nitrogens is 1. The van der Waals surface area contributed by atoms with Crippen molar-refractivity contribution in [1.82, 2.24) is 39.4 Å². The fourth-order valence-corrected chi connectivity index (χ4v) is 4.43. The summed E-state index contributed by atoms with van der Waals surface area (Å²) < 4.78 is 3.61. The molecule has 0 aliphatic rings. The van der Waals surface area contributed by atoms with E-state index in [9.17, 15) is 4.79 Å². The summed E-state index contributed by atoms with van der Waals surface area (Å²) in [5.74, 6) is 0.533. The molecular formula is C25H29ClN10O. The van der Waals surface area contributed by atoms with Gasteiger partial charge < -0.3 is 20.9 Å². The first-order valence-corrected chi connectivity index (χ1v) is 12.2. The van der Waals surface area contributed by atoms with Gasteiger partial charge in [-0.3, -0.25) is 9.48 Å². The third-order valence-corrected chi connectivity index (χ3v) is 6.41. The normalized spacial score (nSPS) is 12.2. The molecule has 0 bridgehead atoms. The smallest absolute Gasteiger partial charge is 0.256 e. The largest absolute Gasteiger partial charge is 0.383 e. The van der Waals surface area contributed by atoms with Gasteiger partial charge in [0.1, 0.15) is 17.8 Å². The lowest BCUT2D eigenvalue weighted by Gasteiger charge is -2.19. The number of rotatable bonds is 6. The van der Waals surface area contributed by atoms with Crippen LogP contribution < -0.4 is 11.1 Å². The Morgan fingerprint density at radius 1 is 1.19 bits per heavy atom. The van der Waals surface area contributed by atoms with Crippen LogP contribution in [0.15, 0.2) is 36.8 Å². The highest BCUT2D eigenvalue weighted by atomic mass is 35.5. The molecule has 5 rings (SSSR count). The molecule has 0 radical (unpaired) electrons. The van der Waals surface area contributed by atoms with E-state index in [1.807, 2.05) is 51.8 Å². The third-order valence-electron chi connectivity index (χ3n) is 6.02. The van der Waals surface area contributed by atoms with Crippen molar-refractivity contribution in [1.29, 1.82) is 0 Å². The Bertz CT molecular complexity index is 1620. The van der Waals surface area contributed by atoms with Crippen molar-refractivity contribution < 1.29 is 4.79 Å². The Hall–Kier alpha value is -3.96. The Balaban J connectivity index is 1.49. The van der Waals surface area contributed by atoms with Crippen LogP contribution in [0, 0.1) is 0 Å². The topological polar surface area (TPSA) is 136 Å². The van der Waals surface area contributed by atoms with Crippen molar-refractivity contribution in [3.63, 3.8) is 0 Å². The molecular weight excluding hydrogens is 492 g/mol. The summed E-state index contributed by atoms with van der Waals surface area (Å²) in [5, 5.41) is 13.9. The number of anilines is 2. The maximum absolute atomic E-state index is 13.0. The third kappa shape index (κ3) is 4.63. The number of carbonyl (C=O) groups excluding carboxylic acids is 1. The minimum absolute atomic E-state index is 0.271. The monoisotopic (exact) mass is 520 g/mol. The van der Waals surface area contributed by atoms with Gasteiger partial charge in [0.2, 0.25) is 0 Å². The summed E-state index contributed by atoms with van der Waals surface area (Å²) in [6.45, 7) is 7.68. The number of nitrogens with one attached hydrogen (secondary N) is 2. The quantitative estimate of drug-likeness (QED) is 0.308. The maximum Gasteiger partial charge on any atom is 0.256 e. The SMILES string of the molecule is CN(C)CCn1ccc(NC(=O)c2ccc3c(Cl)c(-c4nn(C(C)(C)C)c5ncnc(N)c45)[nH]c3c2)n1. The molecule has 0 saturated carbocycles. The van der Waals surface area contributed by atoms with Gasteiger partial charge in [0.25, 0.3) is 5.91 Å². The predicted octanol–water partition coefficient (Wildman–Crippen LogP) is 3.98. The van der Waals surface area contributed by atoms with Crippen LogP contribution in [0.3, 0.4) is 0 Å². The fraction of sp³-hybridized carbons (Fsp3) is 0.320. The number of nitrogen functional groups attached to an aromatic ring is 1. The van der Waals surface area contributed by atoms with Crippen LogP contribution in [0.4, 0.5) is 11.6 Å². The number of nitrogens with two attached hydrogens (primary N) is 1. The molecule has 0 aliphatic carbocycles. The number of nitrogens with zero attached hydrogens (tertiary/aromatic N) is 7. The van der Waals surface area contributed by atoms with Crippen molar-refractivity contribution in [3.8, 4) is 11.4 Å². The van der Waals surface area contributed by atoms with Gasteiger partial charge >= 0.3 is 0 Å². The van der Waals surface area contributed by atoms with Crippen molar-refractivity contribution in [2.24, 2.45) is 0 Å². The van der Waals surface area contributed by atoms with E-state index in [1.54, 1.807) is 22.9 Å². The van der Waals surface area contributed by atoms with Crippen LogP contribution in [0.5, 0.6) is 0 Å². The van der Waals surface area contributed by atoms with Crippen molar-refractivity contribution in [2.45, 2.75) is 32.9 Å². The number of fused-ring (bicyclic) bond motifs is 2. The van der Waals surface area contributed by atoms with Crippen LogP contribution >= 0.6 is 11.6 Å². The molecule has 12 heteroatoms. The summed E-state index contributed by atoms with van der Waals surface area (Å²) in [4.78, 5) is 27.0. The van der Waals surface area contributed by atoms with E-state index >= 15 is 0 Å². The highest BCUT2D eigenvalue weighted by molar-refractivity contribution is 6.38. The van der Waals surface area contributed by atoms with Crippen LogP contribution in [0.1, 0.15) is 31.1 Å². The molecule has 11 nitrogen and oxygen atoms in total. The molecule has 0 aliphatic heterocycles. The number of hydrogen-bond acceptors (Lipinski definition) is 7. The molecule has 37 heavy (non-hydrogen) atoms. The number of halogens is 1. The zero-order chi connectivity index (χ0) is 26.5. The summed E-state index contributed by atoms with van der Waals surface area (Å²) >= 11 is 6.81. The van der Waals surface area contributed by atoms with Gasteiger partial charge in [0.05, 0.1) is 28.2 Å². The Morgan fingerprint density at radius 2 is 1.97 bits per heavy atom. The molecule has 0 atom stereocenters. The zero-order valence-corrected chi connectivity index (χ0v) is 22.1. The van der Waals surface area contributed by atoms with E-state index in [4.69, 9.17) is 22.4 Å². The Kier molecular flexibility index (Phi) is 6.12. The highest BCUT2D eigenvalue weighted by Gasteiger charge is 2.26. The molecule has 0 spiro atoms. The molecule has 1 amide bonds. The number of likely N-dealkylation sites (N-methyl/N-ethyl adjacent to an activating group) is 1. The second kappa shape index (κ2) is 9.16. The molecule has 4 N–H and O–H groups in total. The standard InChI is InChI=1S/C25H29ClN10O/c1-25(2,3)36-23-18(22(27)28-13-29-23)20(33-36)21-19(26)15-7-6-14(12-16(15)30-21)24(37)31-17-8-9-35(32-17)11-10-34(4)5/h6-9,12-13,30H,10-11H2,1-5H3,(H2,27,28,29)(H,31,32,37). The van der Waals surface area contributed by atoms with Gasteiger partial charge in [0.15, 0.2) is 11.5 Å². The number of amides is 1. The summed E-state index contributed by atoms with van der Waals surface area (Å²) in [7, 11) is 4.00. The van der Waals surface area contributed by atoms with E-state index in [1.165, 1.54) is 6.33 Å². The number of aromatic amines is 1. The van der Waals surface area contributed by atoms with Crippen molar-refractivity contribution in [3.05, 3.63) is 47.4 Å². The molecule has 1 aromatic carbocycles. The van der Waals surface area contributed by atoms with Gasteiger partial charge in [-0.05, 0) is 47.0 Å². The molecule has 192 valence electrons. The van der Waals surface area contributed by atoms with E-state index in [0.29, 0.717) is 50.2 Å². The number of carbonyl (C=O) groups is 1. The van der Waals surface area contributed by atoms with Gasteiger partial charge in [-0.15, -0.1) is 0 Å². The summed E-state index contributed by atoms with van der Waals surface area (Å²) in [6, 6.07) is 7.07. The second-order valence-corrected chi connectivity index (χ2v) is 10.6. The Morgan fingerprint density at radius 3 is 2.70 bits per heavy atom. The first kappa shape index (κ1) is 24.7. The molecule has 5 aromatic rings. The molecule has 4 heterocycles.